The van der Waals surface area contributed by atoms with Crippen LogP contribution in [0.25, 0.3) is 11.1 Å². The van der Waals surface area contributed by atoms with Gasteiger partial charge in [0.2, 0.25) is 0 Å². The molecule has 0 spiro atoms. The molecule has 1 aliphatic rings. The van der Waals surface area contributed by atoms with Crippen LogP contribution in [0.2, 0.25) is 0 Å². The normalized spacial score (nSPS) is 21.5. The Morgan fingerprint density at radius 1 is 0.818 bits per heavy atom. The predicted molar refractivity (Wildman–Crippen MR) is 89.6 cm³/mol. The van der Waals surface area contributed by atoms with E-state index in [9.17, 15) is 0 Å². The molecule has 0 radical (unpaired) electrons. The van der Waals surface area contributed by atoms with Gasteiger partial charge in [-0.15, -0.1) is 0 Å². The molecule has 1 fully saturated rings. The summed E-state index contributed by atoms with van der Waals surface area (Å²) in [4.78, 5) is 3.33. The zero-order chi connectivity index (χ0) is 15.2. The lowest BCUT2D eigenvalue weighted by molar-refractivity contribution is -1.00. The van der Waals surface area contributed by atoms with E-state index in [1.54, 1.807) is 9.80 Å². The Labute approximate surface area is 133 Å². The molecule has 0 unspecified atom stereocenters. The third kappa shape index (κ3) is 4.09. The molecule has 0 saturated carbocycles. The van der Waals surface area contributed by atoms with E-state index in [4.69, 9.17) is 4.74 Å². The molecule has 3 heteroatoms. The Kier molecular flexibility index (Phi) is 5.09. The maximum absolute atomic E-state index is 5.90. The molecule has 116 valence electrons. The van der Waals surface area contributed by atoms with Gasteiger partial charge in [-0.2, -0.15) is 0 Å². The SMILES string of the molecule is C[NH+]1CC[NH+](CCOc2ccc(-c3ccccc3)cc2)CC1. The predicted octanol–water partition coefficient (Wildman–Crippen LogP) is 0.146. The minimum Gasteiger partial charge on any atom is -0.488 e. The molecule has 2 aromatic carbocycles. The molecule has 0 bridgehead atoms. The summed E-state index contributed by atoms with van der Waals surface area (Å²) in [5.74, 6) is 0.971. The highest BCUT2D eigenvalue weighted by atomic mass is 16.5. The highest BCUT2D eigenvalue weighted by Crippen LogP contribution is 2.21. The van der Waals surface area contributed by atoms with E-state index >= 15 is 0 Å². The van der Waals surface area contributed by atoms with Gasteiger partial charge < -0.3 is 14.5 Å². The van der Waals surface area contributed by atoms with Gasteiger partial charge in [0.1, 0.15) is 45.1 Å². The number of benzene rings is 2. The lowest BCUT2D eigenvalue weighted by Crippen LogP contribution is -3.27. The van der Waals surface area contributed by atoms with Crippen molar-refractivity contribution in [3.63, 3.8) is 0 Å². The molecule has 22 heavy (non-hydrogen) atoms. The number of ether oxygens (including phenoxy) is 1. The van der Waals surface area contributed by atoms with Crippen LogP contribution in [-0.2, 0) is 0 Å². The van der Waals surface area contributed by atoms with E-state index in [0.29, 0.717) is 0 Å². The van der Waals surface area contributed by atoms with Crippen LogP contribution in [0.4, 0.5) is 0 Å². The summed E-state index contributed by atoms with van der Waals surface area (Å²) in [6.07, 6.45) is 0. The maximum Gasteiger partial charge on any atom is 0.137 e. The van der Waals surface area contributed by atoms with Crippen LogP contribution in [-0.4, -0.2) is 46.4 Å². The Bertz CT molecular complexity index is 560. The van der Waals surface area contributed by atoms with Gasteiger partial charge in [0, 0.05) is 0 Å². The van der Waals surface area contributed by atoms with Crippen molar-refractivity contribution in [2.24, 2.45) is 0 Å². The number of piperazine rings is 1. The maximum atomic E-state index is 5.90. The fraction of sp³-hybridized carbons (Fsp3) is 0.368. The molecular weight excluding hydrogens is 272 g/mol. The van der Waals surface area contributed by atoms with Gasteiger partial charge in [0.05, 0.1) is 7.05 Å². The number of likely N-dealkylation sites (N-methyl/N-ethyl adjacent to an activating group) is 1. The summed E-state index contributed by atoms with van der Waals surface area (Å²) in [5.41, 5.74) is 2.49. The zero-order valence-electron chi connectivity index (χ0n) is 13.3. The Morgan fingerprint density at radius 2 is 1.45 bits per heavy atom. The monoisotopic (exact) mass is 298 g/mol. The van der Waals surface area contributed by atoms with Crippen LogP contribution >= 0.6 is 0 Å². The first kappa shape index (κ1) is 15.1. The van der Waals surface area contributed by atoms with Crippen LogP contribution in [0.3, 0.4) is 0 Å². The second kappa shape index (κ2) is 7.43. The average Bonchev–Trinajstić information content (AvgIpc) is 2.58. The molecule has 3 rings (SSSR count). The van der Waals surface area contributed by atoms with E-state index in [1.165, 1.54) is 37.3 Å². The summed E-state index contributed by atoms with van der Waals surface area (Å²) >= 11 is 0. The first-order valence-electron chi connectivity index (χ1n) is 8.24. The van der Waals surface area contributed by atoms with E-state index in [1.807, 2.05) is 6.07 Å². The van der Waals surface area contributed by atoms with Gasteiger partial charge in [-0.3, -0.25) is 0 Å². The number of hydrogen-bond donors (Lipinski definition) is 2. The smallest absolute Gasteiger partial charge is 0.137 e. The Morgan fingerprint density at radius 3 is 2.14 bits per heavy atom. The third-order valence-corrected chi connectivity index (χ3v) is 4.50. The van der Waals surface area contributed by atoms with Gasteiger partial charge in [0.15, 0.2) is 0 Å². The van der Waals surface area contributed by atoms with Crippen molar-refractivity contribution in [1.29, 1.82) is 0 Å². The number of nitrogens with one attached hydrogen (secondary N) is 2. The van der Waals surface area contributed by atoms with Gasteiger partial charge in [-0.25, -0.2) is 0 Å². The standard InChI is InChI=1S/C19H24N2O/c1-20-11-13-21(14-12-20)15-16-22-19-9-7-18(8-10-19)17-5-3-2-4-6-17/h2-10H,11-16H2,1H3/p+2. The van der Waals surface area contributed by atoms with E-state index in [2.05, 4.69) is 55.6 Å². The fourth-order valence-corrected chi connectivity index (χ4v) is 2.97. The zero-order valence-corrected chi connectivity index (χ0v) is 13.3. The first-order valence-corrected chi connectivity index (χ1v) is 8.24. The minimum atomic E-state index is 0.805. The second-order valence-electron chi connectivity index (χ2n) is 6.20. The lowest BCUT2D eigenvalue weighted by Gasteiger charge is -2.27. The van der Waals surface area contributed by atoms with Crippen LogP contribution in [0.5, 0.6) is 5.75 Å². The van der Waals surface area contributed by atoms with Crippen LogP contribution in [0.1, 0.15) is 0 Å². The molecule has 3 nitrogen and oxygen atoms in total. The lowest BCUT2D eigenvalue weighted by atomic mass is 10.1. The third-order valence-electron chi connectivity index (χ3n) is 4.50. The molecular formula is C19H26N2O+2. The highest BCUT2D eigenvalue weighted by molar-refractivity contribution is 5.63. The van der Waals surface area contributed by atoms with Crippen LogP contribution < -0.4 is 14.5 Å². The number of hydrogen-bond acceptors (Lipinski definition) is 1. The van der Waals surface area contributed by atoms with Crippen molar-refractivity contribution in [3.8, 4) is 16.9 Å². The first-order chi connectivity index (χ1) is 10.8. The van der Waals surface area contributed by atoms with Crippen molar-refractivity contribution in [3.05, 3.63) is 54.6 Å². The molecule has 1 saturated heterocycles. The van der Waals surface area contributed by atoms with E-state index in [-0.39, 0.29) is 0 Å². The van der Waals surface area contributed by atoms with Crippen molar-refractivity contribution in [2.45, 2.75) is 0 Å². The van der Waals surface area contributed by atoms with Crippen molar-refractivity contribution in [2.75, 3.05) is 46.4 Å². The van der Waals surface area contributed by atoms with Gasteiger partial charge in [-0.1, -0.05) is 42.5 Å². The molecule has 1 heterocycles. The summed E-state index contributed by atoms with van der Waals surface area (Å²) in [6, 6.07) is 18.9. The topological polar surface area (TPSA) is 18.1 Å². The number of quaternary nitrogens is 2. The van der Waals surface area contributed by atoms with Crippen molar-refractivity contribution in [1.82, 2.24) is 0 Å². The summed E-state index contributed by atoms with van der Waals surface area (Å²) in [7, 11) is 2.28. The summed E-state index contributed by atoms with van der Waals surface area (Å²) in [6.45, 7) is 7.00. The molecule has 0 amide bonds. The summed E-state index contributed by atoms with van der Waals surface area (Å²) < 4.78 is 5.90. The van der Waals surface area contributed by atoms with Crippen molar-refractivity contribution >= 4 is 0 Å². The van der Waals surface area contributed by atoms with Gasteiger partial charge >= 0.3 is 0 Å². The molecule has 2 N–H and O–H groups in total. The number of rotatable bonds is 5. The minimum absolute atomic E-state index is 0.805. The van der Waals surface area contributed by atoms with E-state index < -0.39 is 0 Å². The Balaban J connectivity index is 1.47. The largest absolute Gasteiger partial charge is 0.488 e. The van der Waals surface area contributed by atoms with E-state index in [0.717, 1.165) is 18.9 Å². The average molecular weight is 298 g/mol. The van der Waals surface area contributed by atoms with Crippen LogP contribution in [0.15, 0.2) is 54.6 Å². The quantitative estimate of drug-likeness (QED) is 0.804. The fourth-order valence-electron chi connectivity index (χ4n) is 2.97. The molecule has 1 aliphatic heterocycles. The summed E-state index contributed by atoms with van der Waals surface area (Å²) in [5, 5.41) is 0. The molecule has 2 aromatic rings. The van der Waals surface area contributed by atoms with Gasteiger partial charge in [0.25, 0.3) is 0 Å². The second-order valence-corrected chi connectivity index (χ2v) is 6.20. The molecule has 0 aliphatic carbocycles. The molecule has 0 aromatic heterocycles. The van der Waals surface area contributed by atoms with Gasteiger partial charge in [-0.05, 0) is 23.3 Å². The Hall–Kier alpha value is -1.84. The van der Waals surface area contributed by atoms with Crippen molar-refractivity contribution < 1.29 is 14.5 Å². The highest BCUT2D eigenvalue weighted by Gasteiger charge is 2.19. The molecule has 0 atom stereocenters. The van der Waals surface area contributed by atoms with Crippen LogP contribution in [0, 0.1) is 0 Å².